The monoisotopic (exact) mass is 435 g/mol. The number of benzene rings is 1. The first-order chi connectivity index (χ1) is 14.4. The molecular weight excluding hydrogens is 420 g/mol. The van der Waals surface area contributed by atoms with E-state index >= 15 is 0 Å². The lowest BCUT2D eigenvalue weighted by molar-refractivity contribution is -0.145. The molecule has 0 bridgehead atoms. The topological polar surface area (TPSA) is 83.3 Å². The predicted octanol–water partition coefficient (Wildman–Crippen LogP) is 4.06. The maximum atomic E-state index is 14.4. The number of rotatable bonds is 8. The number of ketones is 1. The average molecular weight is 436 g/mol. The van der Waals surface area contributed by atoms with Gasteiger partial charge in [0.15, 0.2) is 17.4 Å². The second kappa shape index (κ2) is 9.45. The molecule has 3 aromatic rings. The van der Waals surface area contributed by atoms with E-state index in [0.717, 1.165) is 12.1 Å². The summed E-state index contributed by atoms with van der Waals surface area (Å²) in [7, 11) is 0. The third kappa shape index (κ3) is 5.38. The van der Waals surface area contributed by atoms with Gasteiger partial charge in [0.05, 0.1) is 23.5 Å². The standard InChI is InChI=1S/C20H16ClF2N3O4/c1-2-29-19(28)8-15(27)5-12-9-25-26(11-12)14-3-4-18(16(22)7-14)30-20-17(23)6-13(21)10-24-20/h3-4,6-7,9-11H,2,5,8H2,1H3. The zero-order chi connectivity index (χ0) is 21.7. The molecule has 0 N–H and O–H groups in total. The summed E-state index contributed by atoms with van der Waals surface area (Å²) < 4.78 is 39.5. The van der Waals surface area contributed by atoms with Crippen LogP contribution in [-0.2, 0) is 20.7 Å². The molecule has 0 fully saturated rings. The fraction of sp³-hybridized carbons (Fsp3) is 0.200. The van der Waals surface area contributed by atoms with E-state index in [1.807, 2.05) is 0 Å². The Morgan fingerprint density at radius 2 is 1.97 bits per heavy atom. The highest BCUT2D eigenvalue weighted by molar-refractivity contribution is 6.30. The lowest BCUT2D eigenvalue weighted by atomic mass is 10.1. The number of pyridine rings is 1. The van der Waals surface area contributed by atoms with Crippen molar-refractivity contribution in [2.75, 3.05) is 6.61 Å². The molecule has 0 spiro atoms. The van der Waals surface area contributed by atoms with Gasteiger partial charge in [0.25, 0.3) is 5.88 Å². The largest absolute Gasteiger partial charge is 0.466 e. The Bertz CT molecular complexity index is 1090. The Balaban J connectivity index is 1.69. The zero-order valence-electron chi connectivity index (χ0n) is 15.8. The molecule has 0 saturated heterocycles. The lowest BCUT2D eigenvalue weighted by Crippen LogP contribution is -2.12. The van der Waals surface area contributed by atoms with Crippen molar-refractivity contribution in [2.45, 2.75) is 19.8 Å². The molecule has 0 saturated carbocycles. The number of halogens is 3. The molecular formula is C20H16ClF2N3O4. The van der Waals surface area contributed by atoms with Gasteiger partial charge in [0.1, 0.15) is 12.2 Å². The molecule has 10 heteroatoms. The van der Waals surface area contributed by atoms with Gasteiger partial charge in [-0.2, -0.15) is 5.10 Å². The molecule has 7 nitrogen and oxygen atoms in total. The second-order valence-corrected chi connectivity index (χ2v) is 6.58. The molecule has 30 heavy (non-hydrogen) atoms. The summed E-state index contributed by atoms with van der Waals surface area (Å²) in [4.78, 5) is 26.9. The van der Waals surface area contributed by atoms with Crippen molar-refractivity contribution >= 4 is 23.4 Å². The zero-order valence-corrected chi connectivity index (χ0v) is 16.5. The quantitative estimate of drug-likeness (QED) is 0.392. The first-order valence-corrected chi connectivity index (χ1v) is 9.23. The van der Waals surface area contributed by atoms with E-state index < -0.39 is 23.5 Å². The smallest absolute Gasteiger partial charge is 0.313 e. The van der Waals surface area contributed by atoms with E-state index in [2.05, 4.69) is 10.1 Å². The van der Waals surface area contributed by atoms with Crippen LogP contribution in [0, 0.1) is 11.6 Å². The van der Waals surface area contributed by atoms with Crippen molar-refractivity contribution in [2.24, 2.45) is 0 Å². The predicted molar refractivity (Wildman–Crippen MR) is 103 cm³/mol. The Kier molecular flexibility index (Phi) is 6.73. The molecule has 0 unspecified atom stereocenters. The molecule has 0 aliphatic carbocycles. The van der Waals surface area contributed by atoms with Crippen molar-refractivity contribution in [1.82, 2.24) is 14.8 Å². The van der Waals surface area contributed by atoms with Crippen LogP contribution in [0.5, 0.6) is 11.6 Å². The number of hydrogen-bond acceptors (Lipinski definition) is 6. The van der Waals surface area contributed by atoms with Crippen LogP contribution in [0.4, 0.5) is 8.78 Å². The third-order valence-electron chi connectivity index (χ3n) is 3.84. The summed E-state index contributed by atoms with van der Waals surface area (Å²) in [6, 6.07) is 4.95. The molecule has 0 radical (unpaired) electrons. The molecule has 0 aliphatic heterocycles. The number of aromatic nitrogens is 3. The van der Waals surface area contributed by atoms with Crippen LogP contribution < -0.4 is 4.74 Å². The van der Waals surface area contributed by atoms with Crippen molar-refractivity contribution in [3.8, 4) is 17.3 Å². The van der Waals surface area contributed by atoms with Crippen LogP contribution in [0.1, 0.15) is 18.9 Å². The van der Waals surface area contributed by atoms with Crippen molar-refractivity contribution in [3.05, 3.63) is 65.1 Å². The van der Waals surface area contributed by atoms with E-state index in [9.17, 15) is 18.4 Å². The minimum Gasteiger partial charge on any atom is -0.466 e. The molecule has 3 rings (SSSR count). The first kappa shape index (κ1) is 21.4. The van der Waals surface area contributed by atoms with E-state index in [1.54, 1.807) is 13.1 Å². The average Bonchev–Trinajstić information content (AvgIpc) is 3.13. The number of hydrogen-bond donors (Lipinski definition) is 0. The van der Waals surface area contributed by atoms with E-state index in [-0.39, 0.29) is 36.0 Å². The third-order valence-corrected chi connectivity index (χ3v) is 4.05. The van der Waals surface area contributed by atoms with Gasteiger partial charge in [0.2, 0.25) is 0 Å². The normalized spacial score (nSPS) is 10.7. The van der Waals surface area contributed by atoms with E-state index in [0.29, 0.717) is 11.3 Å². The summed E-state index contributed by atoms with van der Waals surface area (Å²) in [5, 5.41) is 4.18. The SMILES string of the molecule is CCOC(=O)CC(=O)Cc1cnn(-c2ccc(Oc3ncc(Cl)cc3F)c(F)c2)c1. The van der Waals surface area contributed by atoms with Crippen LogP contribution in [0.3, 0.4) is 0 Å². The summed E-state index contributed by atoms with van der Waals surface area (Å²) >= 11 is 5.63. The highest BCUT2D eigenvalue weighted by atomic mass is 35.5. The fourth-order valence-electron chi connectivity index (χ4n) is 2.55. The van der Waals surface area contributed by atoms with E-state index in [4.69, 9.17) is 21.1 Å². The van der Waals surface area contributed by atoms with Gasteiger partial charge in [-0.25, -0.2) is 18.4 Å². The molecule has 0 atom stereocenters. The second-order valence-electron chi connectivity index (χ2n) is 6.15. The van der Waals surface area contributed by atoms with Crippen LogP contribution in [0.25, 0.3) is 5.69 Å². The Hall–Kier alpha value is -3.33. The van der Waals surface area contributed by atoms with Crippen LogP contribution in [0.15, 0.2) is 42.9 Å². The summed E-state index contributed by atoms with van der Waals surface area (Å²) in [6.07, 6.45) is 3.83. The lowest BCUT2D eigenvalue weighted by Gasteiger charge is -2.08. The Labute approximate surface area is 175 Å². The van der Waals surface area contributed by atoms with Gasteiger partial charge in [-0.3, -0.25) is 9.59 Å². The number of ether oxygens (including phenoxy) is 2. The summed E-state index contributed by atoms with van der Waals surface area (Å²) in [5.41, 5.74) is 0.908. The Morgan fingerprint density at radius 1 is 1.17 bits per heavy atom. The highest BCUT2D eigenvalue weighted by Gasteiger charge is 2.14. The first-order valence-electron chi connectivity index (χ1n) is 8.85. The summed E-state index contributed by atoms with van der Waals surface area (Å²) in [5.74, 6) is -3.13. The van der Waals surface area contributed by atoms with Crippen molar-refractivity contribution in [3.63, 3.8) is 0 Å². The highest BCUT2D eigenvalue weighted by Crippen LogP contribution is 2.27. The van der Waals surface area contributed by atoms with Crippen molar-refractivity contribution < 1.29 is 27.8 Å². The Morgan fingerprint density at radius 3 is 2.67 bits per heavy atom. The van der Waals surface area contributed by atoms with Gasteiger partial charge in [0, 0.05) is 24.9 Å². The number of nitrogens with zero attached hydrogens (tertiary/aromatic N) is 3. The van der Waals surface area contributed by atoms with Gasteiger partial charge >= 0.3 is 5.97 Å². The van der Waals surface area contributed by atoms with Crippen LogP contribution in [0.2, 0.25) is 5.02 Å². The maximum absolute atomic E-state index is 14.4. The molecule has 156 valence electrons. The van der Waals surface area contributed by atoms with Crippen molar-refractivity contribution in [1.29, 1.82) is 0 Å². The maximum Gasteiger partial charge on any atom is 0.313 e. The van der Waals surface area contributed by atoms with Crippen LogP contribution in [-0.4, -0.2) is 33.1 Å². The number of Topliss-reactive ketones (excluding diaryl/α,β-unsaturated/α-hetero) is 1. The molecule has 0 amide bonds. The van der Waals surface area contributed by atoms with Gasteiger partial charge in [-0.15, -0.1) is 0 Å². The fourth-order valence-corrected chi connectivity index (χ4v) is 2.70. The van der Waals surface area contributed by atoms with Crippen LogP contribution >= 0.6 is 11.6 Å². The van der Waals surface area contributed by atoms with E-state index in [1.165, 1.54) is 29.2 Å². The summed E-state index contributed by atoms with van der Waals surface area (Å²) in [6.45, 7) is 1.86. The number of carbonyl (C=O) groups is 2. The minimum atomic E-state index is -0.824. The molecule has 1 aromatic carbocycles. The molecule has 2 heterocycles. The molecule has 0 aliphatic rings. The number of esters is 1. The minimum absolute atomic E-state index is 0.00992. The van der Waals surface area contributed by atoms with Gasteiger partial charge < -0.3 is 9.47 Å². The van der Waals surface area contributed by atoms with Gasteiger partial charge in [-0.1, -0.05) is 11.6 Å². The number of carbonyl (C=O) groups excluding carboxylic acids is 2. The molecule has 2 aromatic heterocycles. The van der Waals surface area contributed by atoms with Gasteiger partial charge in [-0.05, 0) is 30.7 Å².